The van der Waals surface area contributed by atoms with Crippen molar-refractivity contribution in [3.8, 4) is 0 Å². The van der Waals surface area contributed by atoms with Gasteiger partial charge < -0.3 is 15.2 Å². The van der Waals surface area contributed by atoms with Gasteiger partial charge in [-0.1, -0.05) is 30.0 Å². The number of hydrogen-bond acceptors (Lipinski definition) is 8. The van der Waals surface area contributed by atoms with Crippen molar-refractivity contribution < 1.29 is 14.6 Å². The van der Waals surface area contributed by atoms with E-state index in [-0.39, 0.29) is 23.6 Å². The number of thiocarbonyl (C=S) groups is 1. The molecule has 0 aromatic carbocycles. The van der Waals surface area contributed by atoms with Crippen molar-refractivity contribution in [1.29, 1.82) is 0 Å². The minimum Gasteiger partial charge on any atom is -0.396 e. The summed E-state index contributed by atoms with van der Waals surface area (Å²) < 4.78 is 6.97. The Bertz CT molecular complexity index is 1050. The second-order valence-electron chi connectivity index (χ2n) is 6.75. The summed E-state index contributed by atoms with van der Waals surface area (Å²) in [5.41, 5.74) is 1.40. The van der Waals surface area contributed by atoms with E-state index in [0.717, 1.165) is 5.56 Å². The molecule has 1 amide bonds. The van der Waals surface area contributed by atoms with Gasteiger partial charge in [0.25, 0.3) is 11.5 Å². The predicted molar refractivity (Wildman–Crippen MR) is 123 cm³/mol. The average molecular weight is 449 g/mol. The second kappa shape index (κ2) is 10.2. The van der Waals surface area contributed by atoms with E-state index in [0.29, 0.717) is 53.2 Å². The van der Waals surface area contributed by atoms with Crippen LogP contribution in [-0.4, -0.2) is 63.0 Å². The molecule has 2 aromatic heterocycles. The lowest BCUT2D eigenvalue weighted by molar-refractivity contribution is -0.122. The number of amides is 1. The molecule has 3 rings (SSSR count). The van der Waals surface area contributed by atoms with Gasteiger partial charge in [-0.3, -0.25) is 18.9 Å². The Labute approximate surface area is 183 Å². The summed E-state index contributed by atoms with van der Waals surface area (Å²) in [6, 6.07) is 3.66. The van der Waals surface area contributed by atoms with Crippen LogP contribution in [0.15, 0.2) is 28.0 Å². The molecular weight excluding hydrogens is 424 g/mol. The van der Waals surface area contributed by atoms with E-state index in [4.69, 9.17) is 22.1 Å². The highest BCUT2D eigenvalue weighted by Gasteiger charge is 2.32. The van der Waals surface area contributed by atoms with E-state index in [2.05, 4.69) is 10.3 Å². The van der Waals surface area contributed by atoms with E-state index in [1.54, 1.807) is 25.4 Å². The third kappa shape index (κ3) is 4.72. The number of thioether (sulfide) groups is 1. The first-order chi connectivity index (χ1) is 14.5. The van der Waals surface area contributed by atoms with Crippen molar-refractivity contribution in [2.24, 2.45) is 0 Å². The van der Waals surface area contributed by atoms with Crippen LogP contribution in [0, 0.1) is 6.92 Å². The lowest BCUT2D eigenvalue weighted by Gasteiger charge is -2.14. The van der Waals surface area contributed by atoms with E-state index >= 15 is 0 Å². The number of fused-ring (bicyclic) bond motifs is 1. The van der Waals surface area contributed by atoms with Crippen LogP contribution >= 0.6 is 24.0 Å². The van der Waals surface area contributed by atoms with E-state index in [9.17, 15) is 9.59 Å². The van der Waals surface area contributed by atoms with Crippen LogP contribution in [0.4, 0.5) is 5.82 Å². The zero-order chi connectivity index (χ0) is 21.7. The summed E-state index contributed by atoms with van der Waals surface area (Å²) >= 11 is 6.52. The molecule has 0 aliphatic carbocycles. The molecule has 0 radical (unpaired) electrons. The molecule has 0 unspecified atom stereocenters. The Morgan fingerprint density at radius 1 is 1.37 bits per heavy atom. The van der Waals surface area contributed by atoms with Crippen LogP contribution in [0.5, 0.6) is 0 Å². The first-order valence-corrected chi connectivity index (χ1v) is 10.8. The number of methoxy groups -OCH3 is 1. The minimum atomic E-state index is -0.278. The fraction of sp³-hybridized carbons (Fsp3) is 0.400. The van der Waals surface area contributed by atoms with Crippen molar-refractivity contribution in [3.63, 3.8) is 0 Å². The highest BCUT2D eigenvalue weighted by Crippen LogP contribution is 2.33. The molecule has 3 heterocycles. The molecule has 160 valence electrons. The summed E-state index contributed by atoms with van der Waals surface area (Å²) in [4.78, 5) is 32.6. The number of carbonyl (C=O) groups is 1. The second-order valence-corrected chi connectivity index (χ2v) is 8.42. The summed E-state index contributed by atoms with van der Waals surface area (Å²) in [6.07, 6.45) is 4.39. The molecule has 1 aliphatic heterocycles. The molecule has 2 aromatic rings. The van der Waals surface area contributed by atoms with Crippen molar-refractivity contribution >= 4 is 51.7 Å². The van der Waals surface area contributed by atoms with Gasteiger partial charge in [-0.05, 0) is 37.5 Å². The zero-order valence-electron chi connectivity index (χ0n) is 16.9. The van der Waals surface area contributed by atoms with Crippen LogP contribution in [0.3, 0.4) is 0 Å². The fourth-order valence-corrected chi connectivity index (χ4v) is 4.34. The number of nitrogens with one attached hydrogen (secondary N) is 1. The fourth-order valence-electron chi connectivity index (χ4n) is 3.05. The zero-order valence-corrected chi connectivity index (χ0v) is 18.5. The van der Waals surface area contributed by atoms with Crippen LogP contribution in [-0.2, 0) is 9.53 Å². The molecule has 1 saturated heterocycles. The van der Waals surface area contributed by atoms with Gasteiger partial charge in [0.15, 0.2) is 0 Å². The molecule has 2 N–H and O–H groups in total. The van der Waals surface area contributed by atoms with Crippen molar-refractivity contribution in [1.82, 2.24) is 14.3 Å². The number of aliphatic hydroxyl groups excluding tert-OH is 1. The first-order valence-electron chi connectivity index (χ1n) is 9.59. The van der Waals surface area contributed by atoms with Crippen molar-refractivity contribution in [3.05, 3.63) is 44.7 Å². The van der Waals surface area contributed by atoms with E-state index in [1.807, 2.05) is 13.0 Å². The van der Waals surface area contributed by atoms with Crippen LogP contribution < -0.4 is 10.9 Å². The van der Waals surface area contributed by atoms with Gasteiger partial charge in [-0.25, -0.2) is 4.98 Å². The molecule has 10 heteroatoms. The molecule has 0 saturated carbocycles. The Morgan fingerprint density at radius 3 is 2.90 bits per heavy atom. The summed E-state index contributed by atoms with van der Waals surface area (Å²) in [6.45, 7) is 3.35. The summed E-state index contributed by atoms with van der Waals surface area (Å²) in [5.74, 6) is 0.156. The topological polar surface area (TPSA) is 96.2 Å². The van der Waals surface area contributed by atoms with Gasteiger partial charge in [0.1, 0.15) is 15.8 Å². The Hall–Kier alpha value is -2.27. The number of anilines is 1. The van der Waals surface area contributed by atoms with Crippen molar-refractivity contribution in [2.75, 3.05) is 38.7 Å². The van der Waals surface area contributed by atoms with Gasteiger partial charge in [0.2, 0.25) is 0 Å². The number of carbonyl (C=O) groups excluding carboxylic acids is 1. The maximum atomic E-state index is 13.2. The van der Waals surface area contributed by atoms with E-state index in [1.165, 1.54) is 21.1 Å². The van der Waals surface area contributed by atoms with Gasteiger partial charge in [0, 0.05) is 39.6 Å². The minimum absolute atomic E-state index is 0.0219. The van der Waals surface area contributed by atoms with Gasteiger partial charge >= 0.3 is 0 Å². The molecular formula is C20H24N4O4S2. The quantitative estimate of drug-likeness (QED) is 0.342. The molecule has 1 aliphatic rings. The maximum absolute atomic E-state index is 13.2. The van der Waals surface area contributed by atoms with Crippen LogP contribution in [0.2, 0.25) is 0 Å². The average Bonchev–Trinajstić information content (AvgIpc) is 2.99. The van der Waals surface area contributed by atoms with Crippen LogP contribution in [0.25, 0.3) is 11.7 Å². The summed E-state index contributed by atoms with van der Waals surface area (Å²) in [5, 5.41) is 12.2. The number of hydrogen-bond donors (Lipinski definition) is 2. The monoisotopic (exact) mass is 448 g/mol. The number of rotatable bonds is 9. The van der Waals surface area contributed by atoms with Crippen molar-refractivity contribution in [2.45, 2.75) is 19.8 Å². The maximum Gasteiger partial charge on any atom is 0.267 e. The lowest BCUT2D eigenvalue weighted by Crippen LogP contribution is -2.29. The van der Waals surface area contributed by atoms with Gasteiger partial charge in [0.05, 0.1) is 10.5 Å². The number of aromatic nitrogens is 2. The molecule has 0 bridgehead atoms. The van der Waals surface area contributed by atoms with Gasteiger partial charge in [-0.15, -0.1) is 0 Å². The highest BCUT2D eigenvalue weighted by molar-refractivity contribution is 8.26. The number of nitrogens with zero attached hydrogens (tertiary/aromatic N) is 3. The lowest BCUT2D eigenvalue weighted by atomic mass is 10.2. The number of pyridine rings is 1. The van der Waals surface area contributed by atoms with Crippen LogP contribution in [0.1, 0.15) is 24.0 Å². The Kier molecular flexibility index (Phi) is 7.59. The van der Waals surface area contributed by atoms with E-state index < -0.39 is 0 Å². The molecule has 1 fully saturated rings. The third-order valence-corrected chi connectivity index (χ3v) is 5.97. The number of aryl methyl sites for hydroxylation is 1. The predicted octanol–water partition coefficient (Wildman–Crippen LogP) is 2.03. The third-order valence-electron chi connectivity index (χ3n) is 4.59. The molecule has 8 nitrogen and oxygen atoms in total. The number of aliphatic hydroxyl groups is 1. The summed E-state index contributed by atoms with van der Waals surface area (Å²) in [7, 11) is 1.61. The molecule has 30 heavy (non-hydrogen) atoms. The Balaban J connectivity index is 2.02. The SMILES string of the molecule is COCCCN1C(=O)/C(=C\c2c(NCCCO)nc3c(C)cccn3c2=O)SC1=S. The van der Waals surface area contributed by atoms with Gasteiger partial charge in [-0.2, -0.15) is 0 Å². The smallest absolute Gasteiger partial charge is 0.267 e. The number of ether oxygens (including phenoxy) is 1. The molecule has 0 atom stereocenters. The first kappa shape index (κ1) is 22.4. The largest absolute Gasteiger partial charge is 0.396 e. The molecule has 0 spiro atoms. The highest BCUT2D eigenvalue weighted by atomic mass is 32.2. The normalized spacial score (nSPS) is 15.6. The standard InChI is InChI=1S/C20H24N4O4S2/c1-13-6-3-8-23-17(13)22-16(21-7-4-10-25)14(18(23)26)12-15-19(27)24(20(29)30-15)9-5-11-28-2/h3,6,8,12,21,25H,4-5,7,9-11H2,1-2H3/b15-12+. The Morgan fingerprint density at radius 2 is 2.17 bits per heavy atom.